The molecule has 0 aliphatic carbocycles. The van der Waals surface area contributed by atoms with Gasteiger partial charge in [0.05, 0.1) is 0 Å². The summed E-state index contributed by atoms with van der Waals surface area (Å²) in [4.78, 5) is 22.7. The Morgan fingerprint density at radius 2 is 2.00 bits per heavy atom. The van der Waals surface area contributed by atoms with E-state index in [9.17, 15) is 24.9 Å². The molecule has 1 aliphatic rings. The van der Waals surface area contributed by atoms with Gasteiger partial charge >= 0.3 is 5.97 Å². The van der Waals surface area contributed by atoms with E-state index >= 15 is 0 Å². The number of nitrogens with one attached hydrogen (secondary N) is 1. The van der Waals surface area contributed by atoms with Crippen LogP contribution in [0.3, 0.4) is 0 Å². The van der Waals surface area contributed by atoms with Gasteiger partial charge in [-0.15, -0.1) is 0 Å². The molecule has 126 valence electrons. The van der Waals surface area contributed by atoms with Gasteiger partial charge in [0, 0.05) is 0 Å². The van der Waals surface area contributed by atoms with Crippen molar-refractivity contribution < 1.29 is 29.6 Å². The molecule has 1 saturated heterocycles. The van der Waals surface area contributed by atoms with E-state index in [1.165, 1.54) is 25.5 Å². The molecule has 7 nitrogen and oxygen atoms in total. The number of carbonyl (C=O) groups excluding carboxylic acids is 2. The van der Waals surface area contributed by atoms with Crippen molar-refractivity contribution in [2.75, 3.05) is 0 Å². The summed E-state index contributed by atoms with van der Waals surface area (Å²) in [5, 5.41) is 30.8. The minimum absolute atomic E-state index is 0.798. The van der Waals surface area contributed by atoms with E-state index in [1.807, 2.05) is 0 Å². The fourth-order valence-corrected chi connectivity index (χ4v) is 2.17. The fourth-order valence-electron chi connectivity index (χ4n) is 2.17. The number of cyclic esters (lactones) is 1. The zero-order valence-electron chi connectivity index (χ0n) is 12.8. The van der Waals surface area contributed by atoms with Gasteiger partial charge in [0.25, 0.3) is 5.91 Å². The van der Waals surface area contributed by atoms with E-state index in [4.69, 9.17) is 0 Å². The Morgan fingerprint density at radius 1 is 1.32 bits per heavy atom. The lowest BCUT2D eigenvalue weighted by Gasteiger charge is -2.18. The minimum Gasteiger partial charge on any atom is -0.454 e. The highest BCUT2D eigenvalue weighted by atomic mass is 16.6. The monoisotopic (exact) mass is 315 g/mol. The maximum Gasteiger partial charge on any atom is 0.338 e. The fraction of sp³-hybridized carbons (Fsp3) is 0.733. The molecule has 0 unspecified atom stereocenters. The molecule has 0 spiro atoms. The quantitative estimate of drug-likeness (QED) is 0.351. The van der Waals surface area contributed by atoms with Crippen LogP contribution in [0.2, 0.25) is 0 Å². The Kier molecular flexibility index (Phi) is 8.08. The summed E-state index contributed by atoms with van der Waals surface area (Å²) >= 11 is 0. The van der Waals surface area contributed by atoms with Crippen LogP contribution in [-0.4, -0.2) is 51.6 Å². The lowest BCUT2D eigenvalue weighted by molar-refractivity contribution is -0.153. The number of ether oxygens (including phenoxy) is 1. The number of allylic oxidation sites excluding steroid dienone is 1. The second-order valence-electron chi connectivity index (χ2n) is 5.40. The van der Waals surface area contributed by atoms with Gasteiger partial charge in [-0.25, -0.2) is 4.79 Å². The number of unbranched alkanes of at least 4 members (excludes halogenated alkanes) is 5. The predicted octanol–water partition coefficient (Wildman–Crippen LogP) is -0.0151. The first-order chi connectivity index (χ1) is 10.5. The number of carbonyl (C=O) groups is 2. The number of rotatable bonds is 9. The summed E-state index contributed by atoms with van der Waals surface area (Å²) < 4.78 is 4.58. The third-order valence-corrected chi connectivity index (χ3v) is 3.55. The van der Waals surface area contributed by atoms with Crippen LogP contribution >= 0.6 is 0 Å². The van der Waals surface area contributed by atoms with Crippen molar-refractivity contribution in [1.29, 1.82) is 0 Å². The maximum absolute atomic E-state index is 11.7. The number of amides is 1. The first-order valence-electron chi connectivity index (χ1n) is 7.69. The van der Waals surface area contributed by atoms with Gasteiger partial charge in [0.1, 0.15) is 6.10 Å². The first kappa shape index (κ1) is 18.6. The van der Waals surface area contributed by atoms with E-state index in [2.05, 4.69) is 17.0 Å². The molecule has 1 fully saturated rings. The molecule has 1 rings (SSSR count). The van der Waals surface area contributed by atoms with Crippen molar-refractivity contribution >= 4 is 11.9 Å². The van der Waals surface area contributed by atoms with Crippen LogP contribution in [0.4, 0.5) is 0 Å². The molecule has 7 heteroatoms. The number of esters is 1. The predicted molar refractivity (Wildman–Crippen MR) is 78.6 cm³/mol. The van der Waals surface area contributed by atoms with E-state index in [0.29, 0.717) is 0 Å². The standard InChI is InChI=1S/C15H25NO6/c1-2-3-4-5-6-7-8-9-16-14(20)12(19)13-10(17)11(18)15(21)22-13/h8-13,17-19H,2-7H2,1H3,(H,16,20)/b9-8+/t10-,11+,12-,13+/m1/s1. The SMILES string of the molecule is CCCCCCC/C=C/NC(=O)[C@H](O)[C@H]1OC(=O)[C@@H](O)[C@H]1O. The summed E-state index contributed by atoms with van der Waals surface area (Å²) in [6.07, 6.45) is 3.27. The van der Waals surface area contributed by atoms with Crippen LogP contribution in [0, 0.1) is 0 Å². The van der Waals surface area contributed by atoms with Crippen molar-refractivity contribution in [2.45, 2.75) is 69.9 Å². The Bertz CT molecular complexity index is 397. The second kappa shape index (κ2) is 9.55. The number of aliphatic hydroxyl groups is 3. The Balaban J connectivity index is 2.26. The molecule has 0 saturated carbocycles. The van der Waals surface area contributed by atoms with Crippen LogP contribution in [0.5, 0.6) is 0 Å². The molecule has 0 aromatic carbocycles. The van der Waals surface area contributed by atoms with Gasteiger partial charge in [-0.05, 0) is 19.0 Å². The Labute approximate surface area is 130 Å². The van der Waals surface area contributed by atoms with Crippen molar-refractivity contribution in [1.82, 2.24) is 5.32 Å². The van der Waals surface area contributed by atoms with Crippen molar-refractivity contribution in [2.24, 2.45) is 0 Å². The summed E-state index contributed by atoms with van der Waals surface area (Å²) in [6, 6.07) is 0. The Morgan fingerprint density at radius 3 is 2.59 bits per heavy atom. The van der Waals surface area contributed by atoms with Crippen LogP contribution in [0.15, 0.2) is 12.3 Å². The lowest BCUT2D eigenvalue weighted by atomic mass is 10.1. The van der Waals surface area contributed by atoms with Gasteiger partial charge in [0.2, 0.25) is 0 Å². The van der Waals surface area contributed by atoms with Crippen LogP contribution in [0.1, 0.15) is 45.4 Å². The Hall–Kier alpha value is -1.44. The van der Waals surface area contributed by atoms with E-state index in [-0.39, 0.29) is 0 Å². The van der Waals surface area contributed by atoms with E-state index in [0.717, 1.165) is 19.3 Å². The molecule has 0 radical (unpaired) electrons. The lowest BCUT2D eigenvalue weighted by Crippen LogP contribution is -2.46. The smallest absolute Gasteiger partial charge is 0.338 e. The van der Waals surface area contributed by atoms with Crippen LogP contribution in [0.25, 0.3) is 0 Å². The summed E-state index contributed by atoms with van der Waals surface area (Å²) in [5.74, 6) is -1.85. The van der Waals surface area contributed by atoms with Gasteiger partial charge in [0.15, 0.2) is 18.3 Å². The van der Waals surface area contributed by atoms with Crippen LogP contribution in [-0.2, 0) is 14.3 Å². The van der Waals surface area contributed by atoms with Crippen molar-refractivity contribution in [3.63, 3.8) is 0 Å². The van der Waals surface area contributed by atoms with Gasteiger partial charge in [-0.2, -0.15) is 0 Å². The average molecular weight is 315 g/mol. The summed E-state index contributed by atoms with van der Waals surface area (Å²) in [5.41, 5.74) is 0. The number of hydrogen-bond donors (Lipinski definition) is 4. The highest BCUT2D eigenvalue weighted by Gasteiger charge is 2.48. The van der Waals surface area contributed by atoms with Gasteiger partial charge in [-0.1, -0.05) is 38.7 Å². The zero-order chi connectivity index (χ0) is 16.5. The molecule has 0 aromatic heterocycles. The second-order valence-corrected chi connectivity index (χ2v) is 5.40. The number of hydrogen-bond acceptors (Lipinski definition) is 6. The highest BCUT2D eigenvalue weighted by molar-refractivity contribution is 5.84. The maximum atomic E-state index is 11.7. The third-order valence-electron chi connectivity index (χ3n) is 3.55. The molecule has 1 amide bonds. The zero-order valence-corrected chi connectivity index (χ0v) is 12.8. The molecule has 1 heterocycles. The largest absolute Gasteiger partial charge is 0.454 e. The average Bonchev–Trinajstić information content (AvgIpc) is 2.76. The molecule has 22 heavy (non-hydrogen) atoms. The molecular formula is C15H25NO6. The van der Waals surface area contributed by atoms with E-state index < -0.39 is 36.3 Å². The van der Waals surface area contributed by atoms with Crippen molar-refractivity contribution in [3.8, 4) is 0 Å². The molecule has 0 bridgehead atoms. The first-order valence-corrected chi connectivity index (χ1v) is 7.69. The molecule has 4 atom stereocenters. The van der Waals surface area contributed by atoms with Crippen molar-refractivity contribution in [3.05, 3.63) is 12.3 Å². The van der Waals surface area contributed by atoms with Crippen LogP contribution < -0.4 is 5.32 Å². The topological polar surface area (TPSA) is 116 Å². The molecular weight excluding hydrogens is 290 g/mol. The molecule has 1 aliphatic heterocycles. The third kappa shape index (κ3) is 5.40. The summed E-state index contributed by atoms with van der Waals surface area (Å²) in [6.45, 7) is 2.15. The van der Waals surface area contributed by atoms with Gasteiger partial charge < -0.3 is 25.4 Å². The normalized spacial score (nSPS) is 26.2. The molecule has 0 aromatic rings. The van der Waals surface area contributed by atoms with Gasteiger partial charge in [-0.3, -0.25) is 4.79 Å². The van der Waals surface area contributed by atoms with E-state index in [1.54, 1.807) is 6.08 Å². The number of aliphatic hydroxyl groups excluding tert-OH is 3. The highest BCUT2D eigenvalue weighted by Crippen LogP contribution is 2.19. The molecule has 4 N–H and O–H groups in total. The summed E-state index contributed by atoms with van der Waals surface area (Å²) in [7, 11) is 0. The minimum atomic E-state index is -1.73.